The van der Waals surface area contributed by atoms with Crippen LogP contribution in [-0.2, 0) is 24.3 Å². The van der Waals surface area contributed by atoms with Gasteiger partial charge in [0.25, 0.3) is 0 Å². The Morgan fingerprint density at radius 1 is 1.14 bits per heavy atom. The number of nitrogens with one attached hydrogen (secondary N) is 1. The van der Waals surface area contributed by atoms with E-state index < -0.39 is 0 Å². The quantitative estimate of drug-likeness (QED) is 0.648. The summed E-state index contributed by atoms with van der Waals surface area (Å²) in [6.07, 6.45) is 2.61. The summed E-state index contributed by atoms with van der Waals surface area (Å²) in [5.74, 6) is 2.16. The maximum absolute atomic E-state index is 6.01. The molecule has 0 radical (unpaired) electrons. The van der Waals surface area contributed by atoms with E-state index in [4.69, 9.17) is 14.0 Å². The van der Waals surface area contributed by atoms with Crippen molar-refractivity contribution >= 4 is 0 Å². The summed E-state index contributed by atoms with van der Waals surface area (Å²) in [5.41, 5.74) is 2.95. The molecule has 2 atom stereocenters. The van der Waals surface area contributed by atoms with Gasteiger partial charge in [-0.15, -0.1) is 0 Å². The largest absolute Gasteiger partial charge is 0.487 e. The fourth-order valence-corrected chi connectivity index (χ4v) is 3.46. The molecule has 0 unspecified atom stereocenters. The first-order valence-corrected chi connectivity index (χ1v) is 9.62. The smallest absolute Gasteiger partial charge is 0.137 e. The predicted octanol–water partition coefficient (Wildman–Crippen LogP) is 3.30. The Hall–Kier alpha value is -2.70. The van der Waals surface area contributed by atoms with Crippen molar-refractivity contribution in [2.45, 2.75) is 32.5 Å². The van der Waals surface area contributed by atoms with Crippen molar-refractivity contribution in [3.05, 3.63) is 77.4 Å². The van der Waals surface area contributed by atoms with Crippen LogP contribution in [0.3, 0.4) is 0 Å². The molecule has 6 nitrogen and oxygen atoms in total. The number of aromatic nitrogens is 2. The van der Waals surface area contributed by atoms with Crippen LogP contribution in [0.1, 0.15) is 22.7 Å². The van der Waals surface area contributed by atoms with Crippen LogP contribution in [0.15, 0.2) is 59.3 Å². The first kappa shape index (κ1) is 18.7. The third kappa shape index (κ3) is 4.77. The molecule has 4 rings (SSSR count). The zero-order chi connectivity index (χ0) is 19.2. The summed E-state index contributed by atoms with van der Waals surface area (Å²) in [5, 5.41) is 7.61. The van der Waals surface area contributed by atoms with Crippen molar-refractivity contribution in [2.24, 2.45) is 5.92 Å². The highest BCUT2D eigenvalue weighted by atomic mass is 16.5. The molecule has 146 valence electrons. The molecule has 1 aromatic carbocycles. The molecule has 3 aromatic rings. The fourth-order valence-electron chi connectivity index (χ4n) is 3.46. The molecule has 6 heteroatoms. The lowest BCUT2D eigenvalue weighted by atomic mass is 9.98. The lowest BCUT2D eigenvalue weighted by Crippen LogP contribution is -2.36. The van der Waals surface area contributed by atoms with Crippen LogP contribution in [0, 0.1) is 12.8 Å². The van der Waals surface area contributed by atoms with Crippen LogP contribution < -0.4 is 10.1 Å². The minimum atomic E-state index is 0.272. The van der Waals surface area contributed by atoms with E-state index in [0.29, 0.717) is 19.1 Å². The molecule has 3 heterocycles. The molecule has 1 aliphatic rings. The molecule has 1 N–H and O–H groups in total. The third-order valence-corrected chi connectivity index (χ3v) is 4.97. The van der Waals surface area contributed by atoms with Crippen LogP contribution in [0.25, 0.3) is 0 Å². The second kappa shape index (κ2) is 8.99. The molecule has 0 amide bonds. The lowest BCUT2D eigenvalue weighted by molar-refractivity contribution is 0.181. The van der Waals surface area contributed by atoms with Gasteiger partial charge in [-0.2, -0.15) is 0 Å². The summed E-state index contributed by atoms with van der Waals surface area (Å²) >= 11 is 0. The predicted molar refractivity (Wildman–Crippen MR) is 105 cm³/mol. The standard InChI is InChI=1S/C22H25N3O3/c1-16-10-20(28-25-16)11-18-13-26-15-21(18)24-12-17-6-2-3-8-22(17)27-14-19-7-4-5-9-23-19/h2-10,18,21,24H,11-15H2,1H3/t18-,21-/m1/s1. The van der Waals surface area contributed by atoms with Crippen molar-refractivity contribution in [2.75, 3.05) is 13.2 Å². The number of ether oxygens (including phenoxy) is 2. The summed E-state index contributed by atoms with van der Waals surface area (Å²) < 4.78 is 17.1. The highest BCUT2D eigenvalue weighted by molar-refractivity contribution is 5.33. The molecular weight excluding hydrogens is 354 g/mol. The molecular formula is C22H25N3O3. The van der Waals surface area contributed by atoms with Gasteiger partial charge >= 0.3 is 0 Å². The monoisotopic (exact) mass is 379 g/mol. The second-order valence-corrected chi connectivity index (χ2v) is 7.14. The number of rotatable bonds is 8. The zero-order valence-corrected chi connectivity index (χ0v) is 16.0. The maximum atomic E-state index is 6.01. The molecule has 2 aromatic heterocycles. The van der Waals surface area contributed by atoms with Crippen LogP contribution in [0.5, 0.6) is 5.75 Å². The van der Waals surface area contributed by atoms with E-state index in [9.17, 15) is 0 Å². The molecule has 1 fully saturated rings. The Kier molecular flexibility index (Phi) is 5.99. The summed E-state index contributed by atoms with van der Waals surface area (Å²) in [6, 6.07) is 16.2. The average Bonchev–Trinajstić information content (AvgIpc) is 3.35. The Morgan fingerprint density at radius 2 is 2.04 bits per heavy atom. The number of benzene rings is 1. The molecule has 1 aliphatic heterocycles. The minimum absolute atomic E-state index is 0.272. The molecule has 0 spiro atoms. The van der Waals surface area contributed by atoms with Crippen LogP contribution in [0.4, 0.5) is 0 Å². The van der Waals surface area contributed by atoms with Gasteiger partial charge in [0.1, 0.15) is 18.1 Å². The van der Waals surface area contributed by atoms with Gasteiger partial charge in [-0.25, -0.2) is 0 Å². The molecule has 28 heavy (non-hydrogen) atoms. The molecule has 0 aliphatic carbocycles. The maximum Gasteiger partial charge on any atom is 0.137 e. The van der Waals surface area contributed by atoms with Crippen molar-refractivity contribution in [3.8, 4) is 5.75 Å². The van der Waals surface area contributed by atoms with Gasteiger partial charge in [0.15, 0.2) is 0 Å². The van der Waals surface area contributed by atoms with E-state index in [1.165, 1.54) is 0 Å². The number of nitrogens with zero attached hydrogens (tertiary/aromatic N) is 2. The third-order valence-electron chi connectivity index (χ3n) is 4.97. The number of pyridine rings is 1. The minimum Gasteiger partial charge on any atom is -0.487 e. The Balaban J connectivity index is 1.35. The number of hydrogen-bond acceptors (Lipinski definition) is 6. The van der Waals surface area contributed by atoms with Crippen LogP contribution >= 0.6 is 0 Å². The number of para-hydroxylation sites is 1. The van der Waals surface area contributed by atoms with E-state index in [-0.39, 0.29) is 6.04 Å². The average molecular weight is 379 g/mol. The topological polar surface area (TPSA) is 69.4 Å². The Morgan fingerprint density at radius 3 is 2.86 bits per heavy atom. The normalized spacial score (nSPS) is 19.0. The first-order valence-electron chi connectivity index (χ1n) is 9.62. The van der Waals surface area contributed by atoms with E-state index in [0.717, 1.165) is 48.0 Å². The van der Waals surface area contributed by atoms with E-state index >= 15 is 0 Å². The summed E-state index contributed by atoms with van der Waals surface area (Å²) in [6.45, 7) is 4.55. The highest BCUT2D eigenvalue weighted by Crippen LogP contribution is 2.23. The lowest BCUT2D eigenvalue weighted by Gasteiger charge is -2.19. The fraction of sp³-hybridized carbons (Fsp3) is 0.364. The van der Waals surface area contributed by atoms with Crippen molar-refractivity contribution in [3.63, 3.8) is 0 Å². The van der Waals surface area contributed by atoms with Gasteiger partial charge in [0, 0.05) is 42.8 Å². The second-order valence-electron chi connectivity index (χ2n) is 7.14. The van der Waals surface area contributed by atoms with Gasteiger partial charge in [-0.05, 0) is 25.1 Å². The van der Waals surface area contributed by atoms with Gasteiger partial charge < -0.3 is 19.3 Å². The Labute approximate surface area is 164 Å². The first-order chi connectivity index (χ1) is 13.8. The van der Waals surface area contributed by atoms with Gasteiger partial charge in [0.2, 0.25) is 0 Å². The van der Waals surface area contributed by atoms with E-state index in [1.807, 2.05) is 49.4 Å². The van der Waals surface area contributed by atoms with Gasteiger partial charge in [-0.3, -0.25) is 4.98 Å². The molecule has 0 saturated carbocycles. The van der Waals surface area contributed by atoms with Crippen molar-refractivity contribution in [1.82, 2.24) is 15.5 Å². The highest BCUT2D eigenvalue weighted by Gasteiger charge is 2.29. The van der Waals surface area contributed by atoms with Gasteiger partial charge in [0.05, 0.1) is 24.6 Å². The van der Waals surface area contributed by atoms with Crippen LogP contribution in [-0.4, -0.2) is 29.4 Å². The number of hydrogen-bond donors (Lipinski definition) is 1. The summed E-state index contributed by atoms with van der Waals surface area (Å²) in [7, 11) is 0. The van der Waals surface area contributed by atoms with E-state index in [1.54, 1.807) is 6.20 Å². The summed E-state index contributed by atoms with van der Waals surface area (Å²) in [4.78, 5) is 4.31. The van der Waals surface area contributed by atoms with Gasteiger partial charge in [-0.1, -0.05) is 29.4 Å². The molecule has 1 saturated heterocycles. The van der Waals surface area contributed by atoms with Crippen molar-refractivity contribution in [1.29, 1.82) is 0 Å². The van der Waals surface area contributed by atoms with E-state index in [2.05, 4.69) is 21.5 Å². The molecule has 0 bridgehead atoms. The zero-order valence-electron chi connectivity index (χ0n) is 16.0. The SMILES string of the molecule is Cc1cc(C[C@@H]2COC[C@H]2NCc2ccccc2OCc2ccccn2)on1. The van der Waals surface area contributed by atoms with Crippen molar-refractivity contribution < 1.29 is 14.0 Å². The Bertz CT molecular complexity index is 881. The van der Waals surface area contributed by atoms with Crippen LogP contribution in [0.2, 0.25) is 0 Å². The number of aryl methyl sites for hydroxylation is 1.